The standard InChI is InChI=1S/C27H29N3O3/c1-19-15-20(2)27(21(3)16-19)29-25(31)17-30(4)26(32)13-10-22-8-11-24(12-9-22)33-18-23-7-5-6-14-28-23/h5-16H,17-18H2,1-4H3,(H,29,31)/b13-10+. The van der Waals surface area contributed by atoms with E-state index in [1.807, 2.05) is 75.4 Å². The number of hydrogen-bond acceptors (Lipinski definition) is 4. The quantitative estimate of drug-likeness (QED) is 0.513. The van der Waals surface area contributed by atoms with E-state index in [1.54, 1.807) is 19.3 Å². The van der Waals surface area contributed by atoms with Gasteiger partial charge in [0.1, 0.15) is 12.4 Å². The number of hydrogen-bond donors (Lipinski definition) is 1. The second-order valence-electron chi connectivity index (χ2n) is 8.03. The highest BCUT2D eigenvalue weighted by Crippen LogP contribution is 2.22. The Labute approximate surface area is 194 Å². The molecule has 0 saturated heterocycles. The van der Waals surface area contributed by atoms with Gasteiger partial charge in [0, 0.05) is 25.0 Å². The lowest BCUT2D eigenvalue weighted by Gasteiger charge is -2.17. The molecule has 0 atom stereocenters. The number of amides is 2. The first-order valence-corrected chi connectivity index (χ1v) is 10.8. The van der Waals surface area contributed by atoms with Crippen LogP contribution < -0.4 is 10.1 Å². The van der Waals surface area contributed by atoms with Gasteiger partial charge in [0.05, 0.1) is 12.2 Å². The predicted molar refractivity (Wildman–Crippen MR) is 131 cm³/mol. The first-order chi connectivity index (χ1) is 15.8. The second-order valence-corrected chi connectivity index (χ2v) is 8.03. The van der Waals surface area contributed by atoms with Crippen LogP contribution in [0.4, 0.5) is 5.69 Å². The van der Waals surface area contributed by atoms with E-state index in [4.69, 9.17) is 4.74 Å². The maximum absolute atomic E-state index is 12.4. The Morgan fingerprint density at radius 2 is 1.73 bits per heavy atom. The van der Waals surface area contributed by atoms with Gasteiger partial charge in [-0.15, -0.1) is 0 Å². The lowest BCUT2D eigenvalue weighted by atomic mass is 10.1. The highest BCUT2D eigenvalue weighted by atomic mass is 16.5. The second kappa shape index (κ2) is 11.1. The number of anilines is 1. The Hall–Kier alpha value is -3.93. The van der Waals surface area contributed by atoms with E-state index in [0.29, 0.717) is 6.61 Å². The third-order valence-electron chi connectivity index (χ3n) is 5.11. The Morgan fingerprint density at radius 1 is 1.03 bits per heavy atom. The number of pyridine rings is 1. The maximum atomic E-state index is 12.4. The van der Waals surface area contributed by atoms with Crippen LogP contribution in [-0.4, -0.2) is 35.3 Å². The maximum Gasteiger partial charge on any atom is 0.246 e. The van der Waals surface area contributed by atoms with Crippen molar-refractivity contribution in [2.75, 3.05) is 18.9 Å². The zero-order valence-corrected chi connectivity index (χ0v) is 19.5. The van der Waals surface area contributed by atoms with Crippen molar-refractivity contribution in [3.8, 4) is 5.75 Å². The molecule has 0 radical (unpaired) electrons. The molecule has 1 heterocycles. The fourth-order valence-corrected chi connectivity index (χ4v) is 3.46. The number of nitrogens with one attached hydrogen (secondary N) is 1. The van der Waals surface area contributed by atoms with E-state index in [2.05, 4.69) is 10.3 Å². The first-order valence-electron chi connectivity index (χ1n) is 10.8. The van der Waals surface area contributed by atoms with E-state index in [1.165, 1.54) is 11.0 Å². The normalized spacial score (nSPS) is 10.8. The smallest absolute Gasteiger partial charge is 0.246 e. The van der Waals surface area contributed by atoms with E-state index < -0.39 is 0 Å². The number of nitrogens with zero attached hydrogens (tertiary/aromatic N) is 2. The molecule has 2 aromatic carbocycles. The van der Waals surface area contributed by atoms with Gasteiger partial charge >= 0.3 is 0 Å². The van der Waals surface area contributed by atoms with E-state index in [0.717, 1.165) is 39.4 Å². The number of carbonyl (C=O) groups is 2. The number of rotatable bonds is 8. The zero-order valence-electron chi connectivity index (χ0n) is 19.5. The summed E-state index contributed by atoms with van der Waals surface area (Å²) >= 11 is 0. The summed E-state index contributed by atoms with van der Waals surface area (Å²) in [6, 6.07) is 17.2. The van der Waals surface area contributed by atoms with Crippen LogP contribution in [0.5, 0.6) is 5.75 Å². The molecule has 1 N–H and O–H groups in total. The SMILES string of the molecule is Cc1cc(C)c(NC(=O)CN(C)C(=O)/C=C/c2ccc(OCc3ccccn3)cc2)c(C)c1. The molecule has 1 aromatic heterocycles. The molecule has 0 spiro atoms. The molecule has 170 valence electrons. The Morgan fingerprint density at radius 3 is 2.36 bits per heavy atom. The molecule has 3 aromatic rings. The van der Waals surface area contributed by atoms with Crippen molar-refractivity contribution in [3.63, 3.8) is 0 Å². The van der Waals surface area contributed by atoms with Gasteiger partial charge < -0.3 is 15.0 Å². The molecule has 2 amide bonds. The lowest BCUT2D eigenvalue weighted by molar-refractivity contribution is -0.129. The summed E-state index contributed by atoms with van der Waals surface area (Å²) in [7, 11) is 1.61. The summed E-state index contributed by atoms with van der Waals surface area (Å²) in [5.41, 5.74) is 5.66. The number of likely N-dealkylation sites (N-methyl/N-ethyl adjacent to an activating group) is 1. The summed E-state index contributed by atoms with van der Waals surface area (Å²) in [4.78, 5) is 30.5. The monoisotopic (exact) mass is 443 g/mol. The number of ether oxygens (including phenoxy) is 1. The Kier molecular flexibility index (Phi) is 7.97. The fraction of sp³-hybridized carbons (Fsp3) is 0.222. The van der Waals surface area contributed by atoms with Crippen LogP contribution in [-0.2, 0) is 16.2 Å². The van der Waals surface area contributed by atoms with Crippen molar-refractivity contribution in [1.29, 1.82) is 0 Å². The van der Waals surface area contributed by atoms with Gasteiger partial charge in [-0.1, -0.05) is 35.9 Å². The van der Waals surface area contributed by atoms with Gasteiger partial charge in [-0.25, -0.2) is 0 Å². The number of benzene rings is 2. The van der Waals surface area contributed by atoms with Crippen molar-refractivity contribution in [1.82, 2.24) is 9.88 Å². The predicted octanol–water partition coefficient (Wildman–Crippen LogP) is 4.70. The highest BCUT2D eigenvalue weighted by Gasteiger charge is 2.13. The third-order valence-corrected chi connectivity index (χ3v) is 5.11. The van der Waals surface area contributed by atoms with Crippen LogP contribution in [0.3, 0.4) is 0 Å². The summed E-state index contributed by atoms with van der Waals surface area (Å²) in [6.07, 6.45) is 4.90. The molecule has 0 unspecified atom stereocenters. The molecule has 0 aliphatic heterocycles. The van der Waals surface area contributed by atoms with Crippen molar-refractivity contribution < 1.29 is 14.3 Å². The van der Waals surface area contributed by atoms with Crippen molar-refractivity contribution in [2.24, 2.45) is 0 Å². The molecule has 6 heteroatoms. The molecule has 0 aliphatic carbocycles. The van der Waals surface area contributed by atoms with Crippen molar-refractivity contribution >= 4 is 23.6 Å². The van der Waals surface area contributed by atoms with Crippen LogP contribution >= 0.6 is 0 Å². The van der Waals surface area contributed by atoms with Gasteiger partial charge in [0.15, 0.2) is 0 Å². The van der Waals surface area contributed by atoms with Crippen LogP contribution in [0.2, 0.25) is 0 Å². The van der Waals surface area contributed by atoms with E-state index in [-0.39, 0.29) is 18.4 Å². The molecular formula is C27H29N3O3. The minimum Gasteiger partial charge on any atom is -0.487 e. The summed E-state index contributed by atoms with van der Waals surface area (Å²) in [5, 5.41) is 2.92. The van der Waals surface area contributed by atoms with Gasteiger partial charge in [-0.3, -0.25) is 14.6 Å². The van der Waals surface area contributed by atoms with Gasteiger partial charge in [0.25, 0.3) is 0 Å². The average molecular weight is 444 g/mol. The molecule has 3 rings (SSSR count). The van der Waals surface area contributed by atoms with Gasteiger partial charge in [-0.2, -0.15) is 0 Å². The first kappa shape index (κ1) is 23.7. The molecule has 0 aliphatic rings. The van der Waals surface area contributed by atoms with Crippen molar-refractivity contribution in [3.05, 3.63) is 94.8 Å². The summed E-state index contributed by atoms with van der Waals surface area (Å²) in [5.74, 6) is 0.237. The average Bonchev–Trinajstić information content (AvgIpc) is 2.79. The number of aryl methyl sites for hydroxylation is 3. The van der Waals surface area contributed by atoms with Crippen LogP contribution in [0, 0.1) is 20.8 Å². The summed E-state index contributed by atoms with van der Waals surface area (Å²) < 4.78 is 5.72. The molecule has 0 saturated carbocycles. The van der Waals surface area contributed by atoms with Crippen molar-refractivity contribution in [2.45, 2.75) is 27.4 Å². The third kappa shape index (κ3) is 7.04. The van der Waals surface area contributed by atoms with Crippen LogP contribution in [0.15, 0.2) is 66.9 Å². The lowest BCUT2D eigenvalue weighted by Crippen LogP contribution is -2.34. The molecular weight excluding hydrogens is 414 g/mol. The fourth-order valence-electron chi connectivity index (χ4n) is 3.46. The topological polar surface area (TPSA) is 71.5 Å². The van der Waals surface area contributed by atoms with Gasteiger partial charge in [0.2, 0.25) is 11.8 Å². The van der Waals surface area contributed by atoms with Gasteiger partial charge in [-0.05, 0) is 67.8 Å². The van der Waals surface area contributed by atoms with E-state index in [9.17, 15) is 9.59 Å². The molecule has 6 nitrogen and oxygen atoms in total. The highest BCUT2D eigenvalue weighted by molar-refractivity contribution is 5.98. The zero-order chi connectivity index (χ0) is 23.8. The minimum absolute atomic E-state index is 0.0315. The van der Waals surface area contributed by atoms with Crippen LogP contribution in [0.25, 0.3) is 6.08 Å². The molecule has 0 bridgehead atoms. The molecule has 33 heavy (non-hydrogen) atoms. The largest absolute Gasteiger partial charge is 0.487 e. The van der Waals surface area contributed by atoms with E-state index >= 15 is 0 Å². The number of aromatic nitrogens is 1. The minimum atomic E-state index is -0.252. The molecule has 0 fully saturated rings. The van der Waals surface area contributed by atoms with Crippen LogP contribution in [0.1, 0.15) is 27.9 Å². The Bertz CT molecular complexity index is 1120. The summed E-state index contributed by atoms with van der Waals surface area (Å²) in [6.45, 7) is 6.30. The number of carbonyl (C=O) groups excluding carboxylic acids is 2. The Balaban J connectivity index is 1.50.